The van der Waals surface area contributed by atoms with E-state index in [4.69, 9.17) is 4.74 Å². The van der Waals surface area contributed by atoms with Gasteiger partial charge in [0.2, 0.25) is 26.0 Å². The molecule has 2 aromatic carbocycles. The fourth-order valence-electron chi connectivity index (χ4n) is 3.64. The van der Waals surface area contributed by atoms with Crippen LogP contribution in [0.15, 0.2) is 58.3 Å². The quantitative estimate of drug-likeness (QED) is 0.503. The molecule has 0 spiro atoms. The number of amides is 1. The van der Waals surface area contributed by atoms with Gasteiger partial charge in [-0.15, -0.1) is 0 Å². The number of piperazine rings is 1. The zero-order valence-corrected chi connectivity index (χ0v) is 21.8. The van der Waals surface area contributed by atoms with Crippen LogP contribution in [0, 0.1) is 0 Å². The standard InChI is InChI=1S/C23H32N4O6S2/c1-4-26(34(29,30)22-12-8-20(9-13-22)33-5-2)18-23(28)24-19-6-10-21(11-7-19)35(31,32)27-16-14-25(3)15-17-27/h6-13H,4-5,14-18H2,1-3H3,(H,24,28). The molecule has 1 aliphatic rings. The number of sulfonamides is 2. The van der Waals surface area contributed by atoms with Crippen LogP contribution >= 0.6 is 0 Å². The third-order valence-corrected chi connectivity index (χ3v) is 9.53. The lowest BCUT2D eigenvalue weighted by Gasteiger charge is -2.31. The van der Waals surface area contributed by atoms with Gasteiger partial charge in [-0.2, -0.15) is 8.61 Å². The number of nitrogens with one attached hydrogen (secondary N) is 1. The van der Waals surface area contributed by atoms with E-state index < -0.39 is 26.0 Å². The van der Waals surface area contributed by atoms with Gasteiger partial charge in [-0.05, 0) is 62.5 Å². The molecule has 1 fully saturated rings. The van der Waals surface area contributed by atoms with Crippen LogP contribution in [0.25, 0.3) is 0 Å². The van der Waals surface area contributed by atoms with E-state index in [-0.39, 0.29) is 22.9 Å². The van der Waals surface area contributed by atoms with Crippen LogP contribution in [0.4, 0.5) is 5.69 Å². The second kappa shape index (κ2) is 11.5. The van der Waals surface area contributed by atoms with E-state index in [1.54, 1.807) is 19.1 Å². The lowest BCUT2D eigenvalue weighted by Crippen LogP contribution is -2.46. The van der Waals surface area contributed by atoms with E-state index in [2.05, 4.69) is 10.2 Å². The number of carbonyl (C=O) groups excluding carboxylic acids is 1. The van der Waals surface area contributed by atoms with Crippen LogP contribution in [0.1, 0.15) is 13.8 Å². The molecule has 2 aromatic rings. The second-order valence-corrected chi connectivity index (χ2v) is 12.0. The van der Waals surface area contributed by atoms with Crippen molar-refractivity contribution in [1.29, 1.82) is 0 Å². The van der Waals surface area contributed by atoms with E-state index in [1.165, 1.54) is 40.7 Å². The van der Waals surface area contributed by atoms with Crippen LogP contribution in [0.5, 0.6) is 5.75 Å². The Kier molecular flexibility index (Phi) is 8.89. The average molecular weight is 525 g/mol. The lowest BCUT2D eigenvalue weighted by molar-refractivity contribution is -0.116. The van der Waals surface area contributed by atoms with Crippen molar-refractivity contribution in [3.63, 3.8) is 0 Å². The molecular weight excluding hydrogens is 492 g/mol. The summed E-state index contributed by atoms with van der Waals surface area (Å²) in [7, 11) is -5.55. The highest BCUT2D eigenvalue weighted by atomic mass is 32.2. The van der Waals surface area contributed by atoms with Gasteiger partial charge in [-0.3, -0.25) is 4.79 Å². The SMILES string of the molecule is CCOc1ccc(S(=O)(=O)N(CC)CC(=O)Nc2ccc(S(=O)(=O)N3CCN(C)CC3)cc2)cc1. The van der Waals surface area contributed by atoms with Crippen LogP contribution in [-0.4, -0.2) is 89.2 Å². The van der Waals surface area contributed by atoms with E-state index in [0.29, 0.717) is 44.2 Å². The van der Waals surface area contributed by atoms with Crippen LogP contribution in [0.2, 0.25) is 0 Å². The molecule has 0 radical (unpaired) electrons. The van der Waals surface area contributed by atoms with Crippen molar-refractivity contribution in [3.05, 3.63) is 48.5 Å². The van der Waals surface area contributed by atoms with Gasteiger partial charge < -0.3 is 15.0 Å². The van der Waals surface area contributed by atoms with E-state index in [9.17, 15) is 21.6 Å². The number of hydrogen-bond acceptors (Lipinski definition) is 7. The molecule has 0 atom stereocenters. The predicted molar refractivity (Wildman–Crippen MR) is 133 cm³/mol. The first kappa shape index (κ1) is 27.1. The van der Waals surface area contributed by atoms with Crippen molar-refractivity contribution in [2.45, 2.75) is 23.6 Å². The fraction of sp³-hybridized carbons (Fsp3) is 0.435. The first-order valence-electron chi connectivity index (χ1n) is 11.4. The number of carbonyl (C=O) groups is 1. The normalized spacial score (nSPS) is 15.8. The van der Waals surface area contributed by atoms with Crippen molar-refractivity contribution in [3.8, 4) is 5.75 Å². The molecule has 35 heavy (non-hydrogen) atoms. The summed E-state index contributed by atoms with van der Waals surface area (Å²) in [5, 5.41) is 2.64. The van der Waals surface area contributed by atoms with Crippen molar-refractivity contribution in [1.82, 2.24) is 13.5 Å². The van der Waals surface area contributed by atoms with Gasteiger partial charge in [0, 0.05) is 38.4 Å². The number of hydrogen-bond donors (Lipinski definition) is 1. The van der Waals surface area contributed by atoms with Gasteiger partial charge in [0.1, 0.15) is 5.75 Å². The molecule has 0 unspecified atom stereocenters. The Balaban J connectivity index is 1.64. The van der Waals surface area contributed by atoms with Crippen LogP contribution < -0.4 is 10.1 Å². The maximum Gasteiger partial charge on any atom is 0.243 e. The highest BCUT2D eigenvalue weighted by Crippen LogP contribution is 2.21. The summed E-state index contributed by atoms with van der Waals surface area (Å²) in [6, 6.07) is 11.9. The topological polar surface area (TPSA) is 116 Å². The molecule has 1 saturated heterocycles. The van der Waals surface area contributed by atoms with E-state index >= 15 is 0 Å². The van der Waals surface area contributed by atoms with Crippen molar-refractivity contribution >= 4 is 31.6 Å². The number of nitrogens with zero attached hydrogens (tertiary/aromatic N) is 3. The fourth-order valence-corrected chi connectivity index (χ4v) is 6.47. The maximum absolute atomic E-state index is 13.0. The Labute approximate surface area is 207 Å². The Morgan fingerprint density at radius 2 is 1.49 bits per heavy atom. The molecule has 1 amide bonds. The van der Waals surface area contributed by atoms with Crippen molar-refractivity contribution in [2.75, 3.05) is 58.2 Å². The number of ether oxygens (including phenoxy) is 1. The van der Waals surface area contributed by atoms with Gasteiger partial charge >= 0.3 is 0 Å². The Morgan fingerprint density at radius 1 is 0.914 bits per heavy atom. The Hall–Kier alpha value is -2.51. The summed E-state index contributed by atoms with van der Waals surface area (Å²) < 4.78 is 59.5. The molecular formula is C23H32N4O6S2. The van der Waals surface area contributed by atoms with E-state index in [1.807, 2.05) is 14.0 Å². The zero-order chi connectivity index (χ0) is 25.6. The summed E-state index contributed by atoms with van der Waals surface area (Å²) in [5.41, 5.74) is 0.377. The molecule has 0 bridgehead atoms. The van der Waals surface area contributed by atoms with Gasteiger partial charge in [0.15, 0.2) is 0 Å². The van der Waals surface area contributed by atoms with Crippen LogP contribution in [-0.2, 0) is 24.8 Å². The summed E-state index contributed by atoms with van der Waals surface area (Å²) in [6.07, 6.45) is 0. The minimum absolute atomic E-state index is 0.0640. The largest absolute Gasteiger partial charge is 0.494 e. The first-order valence-corrected chi connectivity index (χ1v) is 14.3. The molecule has 12 heteroatoms. The van der Waals surface area contributed by atoms with E-state index in [0.717, 1.165) is 4.31 Å². The minimum atomic E-state index is -3.88. The third kappa shape index (κ3) is 6.58. The molecule has 1 aliphatic heterocycles. The first-order chi connectivity index (χ1) is 16.6. The molecule has 192 valence electrons. The van der Waals surface area contributed by atoms with Gasteiger partial charge in [0.25, 0.3) is 0 Å². The number of anilines is 1. The van der Waals surface area contributed by atoms with Gasteiger partial charge in [-0.25, -0.2) is 16.8 Å². The van der Waals surface area contributed by atoms with Gasteiger partial charge in [-0.1, -0.05) is 6.92 Å². The second-order valence-electron chi connectivity index (χ2n) is 8.12. The van der Waals surface area contributed by atoms with Crippen molar-refractivity contribution < 1.29 is 26.4 Å². The Morgan fingerprint density at radius 3 is 2.03 bits per heavy atom. The predicted octanol–water partition coefficient (Wildman–Crippen LogP) is 1.67. The molecule has 0 saturated carbocycles. The zero-order valence-electron chi connectivity index (χ0n) is 20.2. The molecule has 1 N–H and O–H groups in total. The lowest BCUT2D eigenvalue weighted by atomic mass is 10.3. The third-order valence-electron chi connectivity index (χ3n) is 5.68. The highest BCUT2D eigenvalue weighted by molar-refractivity contribution is 7.89. The monoisotopic (exact) mass is 524 g/mol. The summed E-state index contributed by atoms with van der Waals surface area (Å²) >= 11 is 0. The summed E-state index contributed by atoms with van der Waals surface area (Å²) in [4.78, 5) is 14.9. The molecule has 1 heterocycles. The molecule has 3 rings (SSSR count). The maximum atomic E-state index is 13.0. The molecule has 0 aliphatic carbocycles. The number of benzene rings is 2. The number of rotatable bonds is 10. The Bertz CT molecular complexity index is 1210. The average Bonchev–Trinajstić information content (AvgIpc) is 2.83. The minimum Gasteiger partial charge on any atom is -0.494 e. The van der Waals surface area contributed by atoms with Crippen molar-refractivity contribution in [2.24, 2.45) is 0 Å². The smallest absolute Gasteiger partial charge is 0.243 e. The number of likely N-dealkylation sites (N-methyl/N-ethyl adjacent to an activating group) is 2. The van der Waals surface area contributed by atoms with Gasteiger partial charge in [0.05, 0.1) is 22.9 Å². The summed E-state index contributed by atoms with van der Waals surface area (Å²) in [5.74, 6) is 0.0290. The van der Waals surface area contributed by atoms with Crippen LogP contribution in [0.3, 0.4) is 0 Å². The highest BCUT2D eigenvalue weighted by Gasteiger charge is 2.28. The molecule has 10 nitrogen and oxygen atoms in total. The molecule has 0 aromatic heterocycles. The summed E-state index contributed by atoms with van der Waals surface area (Å²) in [6.45, 7) is 5.86.